The summed E-state index contributed by atoms with van der Waals surface area (Å²) in [4.78, 5) is 13.2. The van der Waals surface area contributed by atoms with E-state index in [4.69, 9.17) is 16.3 Å². The van der Waals surface area contributed by atoms with Gasteiger partial charge in [-0.2, -0.15) is 4.31 Å². The van der Waals surface area contributed by atoms with Crippen molar-refractivity contribution in [1.29, 1.82) is 0 Å². The van der Waals surface area contributed by atoms with Crippen LogP contribution in [0.4, 0.5) is 5.69 Å². The molecule has 0 spiro atoms. The number of nitrogens with zero attached hydrogens (tertiary/aromatic N) is 1. The second-order valence-electron chi connectivity index (χ2n) is 7.91. The minimum atomic E-state index is -4.13. The predicted octanol–water partition coefficient (Wildman–Crippen LogP) is 6.07. The molecule has 0 bridgehead atoms. The average Bonchev–Trinajstić information content (AvgIpc) is 2.84. The first-order chi connectivity index (χ1) is 16.7. The van der Waals surface area contributed by atoms with Crippen LogP contribution in [0.1, 0.15) is 30.5 Å². The maximum atomic E-state index is 13.7. The molecule has 0 saturated heterocycles. The summed E-state index contributed by atoms with van der Waals surface area (Å²) in [5, 5.41) is 3.22. The second kappa shape index (κ2) is 12.0. The lowest BCUT2D eigenvalue weighted by atomic mass is 10.0. The Bertz CT molecular complexity index is 1270. The second-order valence-corrected chi connectivity index (χ2v) is 11.2. The molecule has 186 valence electrons. The van der Waals surface area contributed by atoms with Crippen molar-refractivity contribution in [2.75, 3.05) is 19.0 Å². The number of amides is 1. The van der Waals surface area contributed by atoms with Gasteiger partial charge in [0.1, 0.15) is 10.6 Å². The van der Waals surface area contributed by atoms with Crippen molar-refractivity contribution in [2.24, 2.45) is 0 Å². The first-order valence-electron chi connectivity index (χ1n) is 11.2. The lowest BCUT2D eigenvalue weighted by Gasteiger charge is -2.24. The number of rotatable bonds is 10. The zero-order valence-corrected chi connectivity index (χ0v) is 23.0. The van der Waals surface area contributed by atoms with E-state index in [1.807, 2.05) is 56.3 Å². The van der Waals surface area contributed by atoms with Crippen molar-refractivity contribution in [1.82, 2.24) is 4.31 Å². The minimum Gasteiger partial charge on any atom is -0.495 e. The van der Waals surface area contributed by atoms with Crippen LogP contribution in [0, 0.1) is 0 Å². The molecule has 0 unspecified atom stereocenters. The van der Waals surface area contributed by atoms with E-state index < -0.39 is 15.9 Å². The highest BCUT2D eigenvalue weighted by Gasteiger charge is 2.30. The molecule has 0 fully saturated rings. The summed E-state index contributed by atoms with van der Waals surface area (Å²) in [6.45, 7) is 3.64. The molecule has 3 rings (SSSR count). The first kappa shape index (κ1) is 27.2. The Balaban J connectivity index is 1.99. The Hall–Kier alpha value is -2.39. The number of methoxy groups -OCH3 is 1. The number of anilines is 1. The topological polar surface area (TPSA) is 75.7 Å². The van der Waals surface area contributed by atoms with Crippen LogP contribution in [0.25, 0.3) is 0 Å². The van der Waals surface area contributed by atoms with E-state index in [1.54, 1.807) is 6.07 Å². The standard InChI is InChI=1S/C26H28BrClN2O4S/c1-4-19-13-21(27)14-20(5-2)26(19)29-25(31)17-30(16-18-9-7-6-8-10-18)35(32,33)24-15-22(28)11-12-23(24)34-3/h6-15H,4-5,16-17H2,1-3H3,(H,29,31). The molecule has 0 aliphatic rings. The van der Waals surface area contributed by atoms with E-state index in [1.165, 1.54) is 19.2 Å². The summed E-state index contributed by atoms with van der Waals surface area (Å²) < 4.78 is 34.9. The maximum absolute atomic E-state index is 13.7. The molecule has 9 heteroatoms. The molecule has 0 atom stereocenters. The number of nitrogens with one attached hydrogen (secondary N) is 1. The van der Waals surface area contributed by atoms with Gasteiger partial charge in [-0.1, -0.05) is 71.7 Å². The van der Waals surface area contributed by atoms with Crippen LogP contribution in [0.3, 0.4) is 0 Å². The fourth-order valence-corrected chi connectivity index (χ4v) is 6.14. The van der Waals surface area contributed by atoms with E-state index in [0.717, 1.165) is 31.2 Å². The van der Waals surface area contributed by atoms with Gasteiger partial charge in [0, 0.05) is 21.7 Å². The van der Waals surface area contributed by atoms with Crippen LogP contribution in [0.15, 0.2) is 70.0 Å². The van der Waals surface area contributed by atoms with Crippen molar-refractivity contribution in [2.45, 2.75) is 38.1 Å². The number of sulfonamides is 1. The quantitative estimate of drug-likeness (QED) is 0.317. The van der Waals surface area contributed by atoms with Crippen molar-refractivity contribution < 1.29 is 17.9 Å². The SMILES string of the molecule is CCc1cc(Br)cc(CC)c1NC(=O)CN(Cc1ccccc1)S(=O)(=O)c1cc(Cl)ccc1OC. The summed E-state index contributed by atoms with van der Waals surface area (Å²) in [5.41, 5.74) is 3.41. The molecule has 0 saturated carbocycles. The zero-order chi connectivity index (χ0) is 25.6. The third-order valence-electron chi connectivity index (χ3n) is 5.56. The van der Waals surface area contributed by atoms with E-state index in [-0.39, 0.29) is 28.8 Å². The van der Waals surface area contributed by atoms with Crippen LogP contribution in [0.2, 0.25) is 5.02 Å². The van der Waals surface area contributed by atoms with Crippen LogP contribution < -0.4 is 10.1 Å². The molecule has 35 heavy (non-hydrogen) atoms. The summed E-state index contributed by atoms with van der Waals surface area (Å²) in [7, 11) is -2.74. The van der Waals surface area contributed by atoms with Crippen molar-refractivity contribution >= 4 is 49.1 Å². The predicted molar refractivity (Wildman–Crippen MR) is 144 cm³/mol. The molecule has 0 aliphatic carbocycles. The highest BCUT2D eigenvalue weighted by atomic mass is 79.9. The highest BCUT2D eigenvalue weighted by Crippen LogP contribution is 2.31. The number of halogens is 2. The molecular weight excluding hydrogens is 552 g/mol. The van der Waals surface area contributed by atoms with Crippen LogP contribution >= 0.6 is 27.5 Å². The van der Waals surface area contributed by atoms with Crippen molar-refractivity contribution in [3.05, 3.63) is 86.8 Å². The molecule has 1 N–H and O–H groups in total. The monoisotopic (exact) mass is 578 g/mol. The van der Waals surface area contributed by atoms with Gasteiger partial charge in [0.25, 0.3) is 0 Å². The van der Waals surface area contributed by atoms with Gasteiger partial charge in [0.05, 0.1) is 13.7 Å². The minimum absolute atomic E-state index is 0.00781. The van der Waals surface area contributed by atoms with Crippen LogP contribution in [0.5, 0.6) is 5.75 Å². The lowest BCUT2D eigenvalue weighted by molar-refractivity contribution is -0.116. The maximum Gasteiger partial charge on any atom is 0.247 e. The first-order valence-corrected chi connectivity index (χ1v) is 13.8. The molecular formula is C26H28BrClN2O4S. The summed E-state index contributed by atoms with van der Waals surface area (Å²) in [5.74, 6) is -0.278. The molecule has 0 heterocycles. The van der Waals surface area contributed by atoms with Gasteiger partial charge in [-0.15, -0.1) is 0 Å². The molecule has 1 amide bonds. The molecule has 0 radical (unpaired) electrons. The summed E-state index contributed by atoms with van der Waals surface area (Å²) in [6, 6.07) is 17.4. The normalized spacial score (nSPS) is 11.5. The number of aryl methyl sites for hydroxylation is 2. The molecule has 3 aromatic carbocycles. The number of hydrogen-bond donors (Lipinski definition) is 1. The molecule has 0 aliphatic heterocycles. The largest absolute Gasteiger partial charge is 0.495 e. The van der Waals surface area contributed by atoms with Gasteiger partial charge in [-0.05, 0) is 59.9 Å². The summed E-state index contributed by atoms with van der Waals surface area (Å²) in [6.07, 6.45) is 1.43. The van der Waals surface area contributed by atoms with E-state index in [2.05, 4.69) is 21.2 Å². The number of carbonyl (C=O) groups is 1. The molecule has 6 nitrogen and oxygen atoms in total. The van der Waals surface area contributed by atoms with Gasteiger partial charge in [-0.25, -0.2) is 8.42 Å². The Kier molecular flexibility index (Phi) is 9.35. The van der Waals surface area contributed by atoms with Crippen molar-refractivity contribution in [3.8, 4) is 5.75 Å². The summed E-state index contributed by atoms with van der Waals surface area (Å²) >= 11 is 9.64. The van der Waals surface area contributed by atoms with Crippen LogP contribution in [-0.4, -0.2) is 32.3 Å². The van der Waals surface area contributed by atoms with E-state index in [0.29, 0.717) is 12.8 Å². The lowest BCUT2D eigenvalue weighted by Crippen LogP contribution is -2.38. The fraction of sp³-hybridized carbons (Fsp3) is 0.269. The number of benzene rings is 3. The number of carbonyl (C=O) groups excluding carboxylic acids is 1. The average molecular weight is 580 g/mol. The Morgan fingerprint density at radius 3 is 2.23 bits per heavy atom. The van der Waals surface area contributed by atoms with Gasteiger partial charge < -0.3 is 10.1 Å². The van der Waals surface area contributed by atoms with E-state index in [9.17, 15) is 13.2 Å². The zero-order valence-electron chi connectivity index (χ0n) is 19.8. The highest BCUT2D eigenvalue weighted by molar-refractivity contribution is 9.10. The van der Waals surface area contributed by atoms with Crippen molar-refractivity contribution in [3.63, 3.8) is 0 Å². The number of hydrogen-bond acceptors (Lipinski definition) is 4. The molecule has 3 aromatic rings. The molecule has 0 aromatic heterocycles. The van der Waals surface area contributed by atoms with E-state index >= 15 is 0 Å². The van der Waals surface area contributed by atoms with Gasteiger partial charge in [-0.3, -0.25) is 4.79 Å². The van der Waals surface area contributed by atoms with Gasteiger partial charge in [0.15, 0.2) is 0 Å². The number of ether oxygens (including phenoxy) is 1. The Morgan fingerprint density at radius 2 is 1.66 bits per heavy atom. The third kappa shape index (κ3) is 6.64. The van der Waals surface area contributed by atoms with Crippen LogP contribution in [-0.2, 0) is 34.2 Å². The van der Waals surface area contributed by atoms with Gasteiger partial charge in [0.2, 0.25) is 15.9 Å². The smallest absolute Gasteiger partial charge is 0.247 e. The Labute approximate surface area is 220 Å². The fourth-order valence-electron chi connectivity index (χ4n) is 3.79. The third-order valence-corrected chi connectivity index (χ3v) is 8.06. The van der Waals surface area contributed by atoms with Gasteiger partial charge >= 0.3 is 0 Å². The Morgan fingerprint density at radius 1 is 1.03 bits per heavy atom.